The number of hydrogen-bond acceptors (Lipinski definition) is 3. The molecule has 0 heterocycles. The fourth-order valence-corrected chi connectivity index (χ4v) is 4.17. The van der Waals surface area contributed by atoms with Crippen molar-refractivity contribution in [2.24, 2.45) is 5.92 Å². The van der Waals surface area contributed by atoms with Crippen LogP contribution < -0.4 is 0 Å². The zero-order valence-corrected chi connectivity index (χ0v) is 14.9. The van der Waals surface area contributed by atoms with Gasteiger partial charge < -0.3 is 10.0 Å². The number of rotatable bonds is 7. The van der Waals surface area contributed by atoms with E-state index in [-0.39, 0.29) is 12.0 Å². The van der Waals surface area contributed by atoms with E-state index >= 15 is 0 Å². The van der Waals surface area contributed by atoms with E-state index in [9.17, 15) is 9.32 Å². The molecule has 4 heteroatoms. The monoisotopic (exact) mass is 311 g/mol. The fraction of sp³-hybridized carbons (Fsp3) is 0.647. The lowest BCUT2D eigenvalue weighted by molar-refractivity contribution is 0.0140. The van der Waals surface area contributed by atoms with Gasteiger partial charge in [-0.15, -0.1) is 0 Å². The van der Waals surface area contributed by atoms with E-state index in [2.05, 4.69) is 11.8 Å². The summed E-state index contributed by atoms with van der Waals surface area (Å²) in [5.41, 5.74) is 0.197. The van der Waals surface area contributed by atoms with Gasteiger partial charge in [0.05, 0.1) is 22.2 Å². The van der Waals surface area contributed by atoms with E-state index in [4.69, 9.17) is 0 Å². The van der Waals surface area contributed by atoms with Gasteiger partial charge in [-0.25, -0.2) is 0 Å². The molecule has 0 saturated carbocycles. The molecule has 1 aromatic carbocycles. The van der Waals surface area contributed by atoms with Gasteiger partial charge in [-0.2, -0.15) is 0 Å². The molecule has 21 heavy (non-hydrogen) atoms. The highest BCUT2D eigenvalue weighted by atomic mass is 32.2. The van der Waals surface area contributed by atoms with Gasteiger partial charge in [0.15, 0.2) is 0 Å². The van der Waals surface area contributed by atoms with Gasteiger partial charge in [-0.1, -0.05) is 39.0 Å². The van der Waals surface area contributed by atoms with Gasteiger partial charge in [0.25, 0.3) is 0 Å². The molecule has 0 aromatic heterocycles. The average Bonchev–Trinajstić information content (AvgIpc) is 2.45. The van der Waals surface area contributed by atoms with E-state index in [0.717, 1.165) is 10.5 Å². The van der Waals surface area contributed by atoms with Gasteiger partial charge in [-0.3, -0.25) is 4.21 Å². The van der Waals surface area contributed by atoms with Crippen LogP contribution in [-0.4, -0.2) is 39.7 Å². The van der Waals surface area contributed by atoms with Crippen molar-refractivity contribution in [2.75, 3.05) is 19.8 Å². The minimum atomic E-state index is -1.20. The molecule has 1 aromatic rings. The van der Waals surface area contributed by atoms with Crippen molar-refractivity contribution in [3.8, 4) is 0 Å². The summed E-state index contributed by atoms with van der Waals surface area (Å²) in [7, 11) is 2.83. The predicted molar refractivity (Wildman–Crippen MR) is 89.9 cm³/mol. The fourth-order valence-electron chi connectivity index (χ4n) is 2.29. The second-order valence-electron chi connectivity index (χ2n) is 6.28. The Labute approximate surface area is 131 Å². The molecule has 0 saturated heterocycles. The van der Waals surface area contributed by atoms with Gasteiger partial charge in [0.2, 0.25) is 0 Å². The molecule has 0 aliphatic rings. The van der Waals surface area contributed by atoms with E-state index in [1.165, 1.54) is 0 Å². The van der Waals surface area contributed by atoms with Crippen molar-refractivity contribution in [1.82, 2.24) is 4.90 Å². The first-order valence-corrected chi connectivity index (χ1v) is 8.91. The Morgan fingerprint density at radius 3 is 2.29 bits per heavy atom. The summed E-state index contributed by atoms with van der Waals surface area (Å²) >= 11 is 0. The third-order valence-corrected chi connectivity index (χ3v) is 6.08. The summed E-state index contributed by atoms with van der Waals surface area (Å²) in [6.07, 6.45) is 0.613. The molecule has 0 aliphatic heterocycles. The van der Waals surface area contributed by atoms with Crippen LogP contribution in [0.2, 0.25) is 0 Å². The maximum absolute atomic E-state index is 12.8. The maximum Gasteiger partial charge on any atom is 0.0786 e. The summed E-state index contributed by atoms with van der Waals surface area (Å²) in [5, 5.41) is 10.7. The lowest BCUT2D eigenvalue weighted by atomic mass is 9.90. The first-order valence-electron chi connectivity index (χ1n) is 7.59. The highest BCUT2D eigenvalue weighted by molar-refractivity contribution is 7.85. The summed E-state index contributed by atoms with van der Waals surface area (Å²) in [6.45, 7) is 8.01. The van der Waals surface area contributed by atoms with Crippen molar-refractivity contribution >= 4 is 10.8 Å². The molecule has 1 rings (SSSR count). The van der Waals surface area contributed by atoms with Crippen LogP contribution >= 0.6 is 0 Å². The molecule has 0 fully saturated rings. The normalized spacial score (nSPS) is 17.8. The van der Waals surface area contributed by atoms with Crippen LogP contribution in [0.3, 0.4) is 0 Å². The van der Waals surface area contributed by atoms with Crippen LogP contribution in [0.5, 0.6) is 0 Å². The molecule has 0 unspecified atom stereocenters. The topological polar surface area (TPSA) is 40.5 Å². The Morgan fingerprint density at radius 1 is 1.24 bits per heavy atom. The molecule has 3 atom stereocenters. The first kappa shape index (κ1) is 18.3. The highest BCUT2D eigenvalue weighted by Gasteiger charge is 2.32. The van der Waals surface area contributed by atoms with Crippen LogP contribution in [0.15, 0.2) is 29.2 Å². The summed E-state index contributed by atoms with van der Waals surface area (Å²) in [4.78, 5) is 2.94. The molecule has 0 spiro atoms. The molecule has 1 N–H and O–H groups in total. The second-order valence-corrected chi connectivity index (χ2v) is 7.70. The minimum absolute atomic E-state index is 0.0879. The number of hydrogen-bond donors (Lipinski definition) is 1. The van der Waals surface area contributed by atoms with Crippen molar-refractivity contribution in [1.29, 1.82) is 0 Å². The standard InChI is InChI=1S/C17H29NO2S/c1-7-17(19,13(2)3)12-21(20)16-11-9-8-10-15(16)14(4)18(5)6/h8-11,13-14,19H,7,12H2,1-6H3/t14-,17-,21+/m0/s1. The molecular formula is C17H29NO2S. The maximum atomic E-state index is 12.8. The van der Waals surface area contributed by atoms with Crippen LogP contribution in [0, 0.1) is 5.92 Å². The van der Waals surface area contributed by atoms with E-state index in [0.29, 0.717) is 12.2 Å². The molecule has 0 radical (unpaired) electrons. The zero-order valence-electron chi connectivity index (χ0n) is 14.1. The zero-order chi connectivity index (χ0) is 16.2. The van der Waals surface area contributed by atoms with E-state index in [1.54, 1.807) is 0 Å². The van der Waals surface area contributed by atoms with Crippen LogP contribution in [0.1, 0.15) is 45.7 Å². The van der Waals surface area contributed by atoms with Gasteiger partial charge in [0.1, 0.15) is 0 Å². The second kappa shape index (κ2) is 7.52. The SMILES string of the molecule is CC[C@](O)(C[S@@](=O)c1ccccc1[C@H](C)N(C)C)C(C)C. The minimum Gasteiger partial charge on any atom is -0.389 e. The molecule has 120 valence electrons. The largest absolute Gasteiger partial charge is 0.389 e. The molecule has 0 amide bonds. The Balaban J connectivity index is 3.09. The summed E-state index contributed by atoms with van der Waals surface area (Å²) < 4.78 is 12.8. The van der Waals surface area contributed by atoms with Crippen LogP contribution in [-0.2, 0) is 10.8 Å². The van der Waals surface area contributed by atoms with Gasteiger partial charge in [0, 0.05) is 10.9 Å². The molecule has 0 aliphatic carbocycles. The van der Waals surface area contributed by atoms with Crippen molar-refractivity contribution in [3.05, 3.63) is 29.8 Å². The third kappa shape index (κ3) is 4.38. The quantitative estimate of drug-likeness (QED) is 0.840. The molecule has 3 nitrogen and oxygen atoms in total. The Hall–Kier alpha value is -0.710. The average molecular weight is 311 g/mol. The van der Waals surface area contributed by atoms with Gasteiger partial charge >= 0.3 is 0 Å². The smallest absolute Gasteiger partial charge is 0.0786 e. The Bertz CT molecular complexity index is 487. The number of benzene rings is 1. The highest BCUT2D eigenvalue weighted by Crippen LogP contribution is 2.28. The van der Waals surface area contributed by atoms with Crippen LogP contribution in [0.4, 0.5) is 0 Å². The van der Waals surface area contributed by atoms with E-state index < -0.39 is 16.4 Å². The van der Waals surface area contributed by atoms with Crippen molar-refractivity contribution in [3.63, 3.8) is 0 Å². The third-order valence-electron chi connectivity index (χ3n) is 4.46. The van der Waals surface area contributed by atoms with Crippen LogP contribution in [0.25, 0.3) is 0 Å². The van der Waals surface area contributed by atoms with E-state index in [1.807, 2.05) is 59.1 Å². The first-order chi connectivity index (χ1) is 9.73. The Morgan fingerprint density at radius 2 is 1.81 bits per heavy atom. The molecular weight excluding hydrogens is 282 g/mol. The number of nitrogens with zero attached hydrogens (tertiary/aromatic N) is 1. The summed E-state index contributed by atoms with van der Waals surface area (Å²) in [5.74, 6) is 0.378. The molecule has 0 bridgehead atoms. The van der Waals surface area contributed by atoms with Gasteiger partial charge in [-0.05, 0) is 45.0 Å². The van der Waals surface area contributed by atoms with Crippen molar-refractivity contribution in [2.45, 2.75) is 50.7 Å². The number of aliphatic hydroxyl groups is 1. The lowest BCUT2D eigenvalue weighted by Gasteiger charge is -2.31. The predicted octanol–water partition coefficient (Wildman–Crippen LogP) is 3.21. The summed E-state index contributed by atoms with van der Waals surface area (Å²) in [6, 6.07) is 8.03. The van der Waals surface area contributed by atoms with Crippen molar-refractivity contribution < 1.29 is 9.32 Å². The Kier molecular flexibility index (Phi) is 6.57. The lowest BCUT2D eigenvalue weighted by Crippen LogP contribution is -2.40.